The molecule has 3 aromatic carbocycles. The molecule has 0 N–H and O–H groups in total. The number of amides is 1. The molecule has 1 aliphatic carbocycles. The lowest BCUT2D eigenvalue weighted by atomic mass is 9.85. The number of aromatic nitrogens is 1. The second kappa shape index (κ2) is 10.9. The Morgan fingerprint density at radius 2 is 1.72 bits per heavy atom. The third kappa shape index (κ3) is 5.08. The number of amidine groups is 1. The summed E-state index contributed by atoms with van der Waals surface area (Å²) in [5, 5.41) is 1.98. The second-order valence-corrected chi connectivity index (χ2v) is 11.9. The van der Waals surface area contributed by atoms with E-state index in [-0.39, 0.29) is 11.9 Å². The van der Waals surface area contributed by atoms with Crippen molar-refractivity contribution in [1.29, 1.82) is 0 Å². The van der Waals surface area contributed by atoms with Gasteiger partial charge in [-0.1, -0.05) is 86.0 Å². The highest BCUT2D eigenvalue weighted by molar-refractivity contribution is 8.18. The first-order valence-electron chi connectivity index (χ1n) is 14.0. The molecule has 5 heteroatoms. The van der Waals surface area contributed by atoms with Crippen molar-refractivity contribution in [2.24, 2.45) is 10.9 Å². The van der Waals surface area contributed by atoms with Crippen LogP contribution in [0.4, 0.5) is 5.69 Å². The lowest BCUT2D eigenvalue weighted by Crippen LogP contribution is -2.44. The highest BCUT2D eigenvalue weighted by Crippen LogP contribution is 2.41. The van der Waals surface area contributed by atoms with Gasteiger partial charge in [-0.25, -0.2) is 4.99 Å². The Morgan fingerprint density at radius 1 is 0.949 bits per heavy atom. The Balaban J connectivity index is 1.43. The summed E-state index contributed by atoms with van der Waals surface area (Å²) in [6, 6.07) is 27.4. The normalized spacial score (nSPS) is 21.9. The molecule has 0 spiro atoms. The fourth-order valence-corrected chi connectivity index (χ4v) is 7.15. The van der Waals surface area contributed by atoms with Crippen LogP contribution in [0.1, 0.15) is 55.0 Å². The zero-order chi connectivity index (χ0) is 26.9. The van der Waals surface area contributed by atoms with E-state index in [1.165, 1.54) is 45.9 Å². The summed E-state index contributed by atoms with van der Waals surface area (Å²) in [4.78, 5) is 21.8. The van der Waals surface area contributed by atoms with Gasteiger partial charge in [0.05, 0.1) is 10.6 Å². The van der Waals surface area contributed by atoms with Gasteiger partial charge in [0, 0.05) is 34.7 Å². The van der Waals surface area contributed by atoms with Crippen LogP contribution in [-0.4, -0.2) is 26.6 Å². The molecule has 2 aliphatic rings. The van der Waals surface area contributed by atoms with Crippen LogP contribution in [-0.2, 0) is 11.3 Å². The van der Waals surface area contributed by atoms with E-state index >= 15 is 0 Å². The van der Waals surface area contributed by atoms with Crippen molar-refractivity contribution in [1.82, 2.24) is 9.47 Å². The zero-order valence-corrected chi connectivity index (χ0v) is 23.7. The molecule has 0 bridgehead atoms. The summed E-state index contributed by atoms with van der Waals surface area (Å²) in [5.41, 5.74) is 6.90. The van der Waals surface area contributed by atoms with Gasteiger partial charge in [0.25, 0.3) is 5.91 Å². The lowest BCUT2D eigenvalue weighted by Gasteiger charge is -2.35. The number of carbonyl (C=O) groups is 1. The number of thioether (sulfide) groups is 1. The number of rotatable bonds is 5. The molecule has 6 rings (SSSR count). The van der Waals surface area contributed by atoms with Gasteiger partial charge in [0.1, 0.15) is 0 Å². The average Bonchev–Trinajstić information content (AvgIpc) is 3.38. The van der Waals surface area contributed by atoms with Gasteiger partial charge in [-0.2, -0.15) is 0 Å². The van der Waals surface area contributed by atoms with Gasteiger partial charge in [0.15, 0.2) is 5.17 Å². The van der Waals surface area contributed by atoms with Gasteiger partial charge < -0.3 is 4.57 Å². The number of aryl methyl sites for hydroxylation is 1. The summed E-state index contributed by atoms with van der Waals surface area (Å²) in [6.45, 7) is 7.39. The van der Waals surface area contributed by atoms with E-state index in [0.29, 0.717) is 5.92 Å². The molecule has 198 valence electrons. The number of benzene rings is 3. The fourth-order valence-electron chi connectivity index (χ4n) is 6.12. The number of hydrogen-bond acceptors (Lipinski definition) is 3. The summed E-state index contributed by atoms with van der Waals surface area (Å²) >= 11 is 1.52. The first-order chi connectivity index (χ1) is 19.0. The van der Waals surface area contributed by atoms with Gasteiger partial charge in [-0.15, -0.1) is 0 Å². The molecule has 0 unspecified atom stereocenters. The number of carbonyl (C=O) groups excluding carboxylic acids is 1. The molecule has 1 saturated carbocycles. The van der Waals surface area contributed by atoms with Crippen molar-refractivity contribution >= 4 is 45.5 Å². The number of nitrogens with zero attached hydrogens (tertiary/aromatic N) is 3. The standard InChI is InChI=1S/C34H35N3OS/c1-23-12-11-14-26(20-23)22-36-25(3)29(28-17-8-10-19-31(28)36)21-32-33(38)37(30-18-9-7-13-24(30)2)34(39-32)35-27-15-5-4-6-16-27/h4-6,8,10-12,14-17,19-21,24,30H,7,9,13,18,22H2,1-3H3/b32-21-,35-34?/t24-,30+/m1/s1. The maximum atomic E-state index is 14.1. The topological polar surface area (TPSA) is 37.6 Å². The van der Waals surface area contributed by atoms with Gasteiger partial charge in [-0.3, -0.25) is 9.69 Å². The average molecular weight is 534 g/mol. The van der Waals surface area contributed by atoms with Crippen LogP contribution in [0.25, 0.3) is 17.0 Å². The van der Waals surface area contributed by atoms with E-state index in [4.69, 9.17) is 4.99 Å². The predicted molar refractivity (Wildman–Crippen MR) is 164 cm³/mol. The highest BCUT2D eigenvalue weighted by atomic mass is 32.2. The van der Waals surface area contributed by atoms with E-state index in [1.807, 2.05) is 35.2 Å². The Bertz CT molecular complexity index is 1580. The molecule has 1 saturated heterocycles. The monoisotopic (exact) mass is 533 g/mol. The van der Waals surface area contributed by atoms with Crippen LogP contribution in [0.3, 0.4) is 0 Å². The SMILES string of the molecule is Cc1cccc(Cn2c(C)c(/C=C3\SC(=Nc4ccccc4)N([C@H]4CCCC[C@H]4C)C3=O)c3ccccc32)c1. The van der Waals surface area contributed by atoms with Crippen molar-refractivity contribution < 1.29 is 4.79 Å². The van der Waals surface area contributed by atoms with Gasteiger partial charge >= 0.3 is 0 Å². The third-order valence-electron chi connectivity index (χ3n) is 8.19. The van der Waals surface area contributed by atoms with Crippen molar-refractivity contribution in [3.63, 3.8) is 0 Å². The molecule has 2 atom stereocenters. The van der Waals surface area contributed by atoms with Crippen molar-refractivity contribution in [3.8, 4) is 0 Å². The summed E-state index contributed by atoms with van der Waals surface area (Å²) in [5.74, 6) is 0.546. The Hall–Kier alpha value is -3.57. The Kier molecular flexibility index (Phi) is 7.18. The predicted octanol–water partition coefficient (Wildman–Crippen LogP) is 8.49. The molecule has 0 radical (unpaired) electrons. The second-order valence-electron chi connectivity index (χ2n) is 10.9. The van der Waals surface area contributed by atoms with Gasteiger partial charge in [-0.05, 0) is 74.2 Å². The largest absolute Gasteiger partial charge is 0.340 e. The fraction of sp³-hybridized carbons (Fsp3) is 0.294. The number of hydrogen-bond donors (Lipinski definition) is 0. The quantitative estimate of drug-likeness (QED) is 0.241. The molecule has 4 aromatic rings. The molecule has 2 fully saturated rings. The molecule has 39 heavy (non-hydrogen) atoms. The molecule has 1 aliphatic heterocycles. The van der Waals surface area contributed by atoms with E-state index in [2.05, 4.69) is 79.9 Å². The van der Waals surface area contributed by atoms with Gasteiger partial charge in [0.2, 0.25) is 0 Å². The van der Waals surface area contributed by atoms with E-state index in [9.17, 15) is 4.79 Å². The van der Waals surface area contributed by atoms with E-state index in [1.54, 1.807) is 0 Å². The van der Waals surface area contributed by atoms with Crippen LogP contribution in [0.15, 0.2) is 88.8 Å². The minimum Gasteiger partial charge on any atom is -0.340 e. The van der Waals surface area contributed by atoms with E-state index in [0.717, 1.165) is 47.1 Å². The van der Waals surface area contributed by atoms with Crippen molar-refractivity contribution in [3.05, 3.63) is 106 Å². The summed E-state index contributed by atoms with van der Waals surface area (Å²) in [7, 11) is 0. The Labute approximate surface area is 235 Å². The maximum Gasteiger partial charge on any atom is 0.267 e. The minimum absolute atomic E-state index is 0.0864. The Morgan fingerprint density at radius 3 is 2.51 bits per heavy atom. The highest BCUT2D eigenvalue weighted by Gasteiger charge is 2.41. The summed E-state index contributed by atoms with van der Waals surface area (Å²) < 4.78 is 2.38. The molecule has 2 heterocycles. The first-order valence-corrected chi connectivity index (χ1v) is 14.8. The lowest BCUT2D eigenvalue weighted by molar-refractivity contribution is -0.124. The van der Waals surface area contributed by atoms with E-state index < -0.39 is 0 Å². The molecular weight excluding hydrogens is 498 g/mol. The first kappa shape index (κ1) is 25.7. The van der Waals surface area contributed by atoms with Crippen LogP contribution in [0.5, 0.6) is 0 Å². The molecule has 4 nitrogen and oxygen atoms in total. The van der Waals surface area contributed by atoms with Crippen LogP contribution < -0.4 is 0 Å². The van der Waals surface area contributed by atoms with Crippen molar-refractivity contribution in [2.75, 3.05) is 0 Å². The summed E-state index contributed by atoms with van der Waals surface area (Å²) in [6.07, 6.45) is 6.70. The minimum atomic E-state index is 0.0864. The maximum absolute atomic E-state index is 14.1. The molecule has 1 aromatic heterocycles. The molecular formula is C34H35N3OS. The number of para-hydroxylation sites is 2. The number of aliphatic imine (C=N–C) groups is 1. The van der Waals surface area contributed by atoms with Crippen molar-refractivity contribution in [2.45, 2.75) is 59.0 Å². The van der Waals surface area contributed by atoms with Crippen LogP contribution in [0.2, 0.25) is 0 Å². The smallest absolute Gasteiger partial charge is 0.267 e. The van der Waals surface area contributed by atoms with Crippen LogP contribution >= 0.6 is 11.8 Å². The van der Waals surface area contributed by atoms with Crippen LogP contribution in [0, 0.1) is 19.8 Å². The zero-order valence-electron chi connectivity index (χ0n) is 22.9. The third-order valence-corrected chi connectivity index (χ3v) is 9.18. The number of fused-ring (bicyclic) bond motifs is 1. The molecule has 1 amide bonds.